The predicted molar refractivity (Wildman–Crippen MR) is 67.5 cm³/mol. The molecule has 2 aliphatic heterocycles. The maximum Gasteiger partial charge on any atom is 0.410 e. The Kier molecular flexibility index (Phi) is 3.52. The number of piperazine rings is 1. The van der Waals surface area contributed by atoms with Crippen LogP contribution in [0.4, 0.5) is 4.79 Å². The summed E-state index contributed by atoms with van der Waals surface area (Å²) in [5.41, 5.74) is -0.555. The van der Waals surface area contributed by atoms with Gasteiger partial charge in [0.2, 0.25) is 5.91 Å². The highest BCUT2D eigenvalue weighted by molar-refractivity contribution is 5.96. The van der Waals surface area contributed by atoms with Crippen LogP contribution in [-0.4, -0.2) is 58.9 Å². The summed E-state index contributed by atoms with van der Waals surface area (Å²) >= 11 is 0. The summed E-state index contributed by atoms with van der Waals surface area (Å²) in [7, 11) is 0. The maximum absolute atomic E-state index is 12.0. The number of fused-ring (bicyclic) bond motifs is 1. The lowest BCUT2D eigenvalue weighted by atomic mass is 9.97. The Morgan fingerprint density at radius 1 is 1.21 bits per heavy atom. The van der Waals surface area contributed by atoms with Crippen molar-refractivity contribution in [1.29, 1.82) is 0 Å². The summed E-state index contributed by atoms with van der Waals surface area (Å²) in [6.45, 7) is 6.49. The van der Waals surface area contributed by atoms with Crippen molar-refractivity contribution >= 4 is 17.8 Å². The molecule has 0 N–H and O–H groups in total. The van der Waals surface area contributed by atoms with Crippen LogP contribution in [0.25, 0.3) is 0 Å². The number of Topliss-reactive ketones (excluding diaryl/α,β-unsaturated/α-hetero) is 1. The summed E-state index contributed by atoms with van der Waals surface area (Å²) in [5.74, 6) is 0.0429. The van der Waals surface area contributed by atoms with Crippen molar-refractivity contribution in [3.63, 3.8) is 0 Å². The molecule has 1 atom stereocenters. The van der Waals surface area contributed by atoms with Crippen LogP contribution < -0.4 is 0 Å². The van der Waals surface area contributed by atoms with Crippen LogP contribution in [0.3, 0.4) is 0 Å². The van der Waals surface area contributed by atoms with Gasteiger partial charge in [0, 0.05) is 25.9 Å². The smallest absolute Gasteiger partial charge is 0.410 e. The first-order valence-electron chi connectivity index (χ1n) is 6.58. The van der Waals surface area contributed by atoms with Gasteiger partial charge in [0.05, 0.1) is 6.54 Å². The summed E-state index contributed by atoms with van der Waals surface area (Å²) in [4.78, 5) is 38.6. The monoisotopic (exact) mass is 268 g/mol. The minimum Gasteiger partial charge on any atom is -0.444 e. The SMILES string of the molecule is CC(C)(C)OC(=O)N1CCN2C(=O)CCC(=O)C2C1. The van der Waals surface area contributed by atoms with Gasteiger partial charge in [-0.15, -0.1) is 0 Å². The van der Waals surface area contributed by atoms with E-state index in [0.29, 0.717) is 19.5 Å². The topological polar surface area (TPSA) is 66.9 Å². The van der Waals surface area contributed by atoms with Crippen molar-refractivity contribution in [2.24, 2.45) is 0 Å². The Labute approximate surface area is 112 Å². The van der Waals surface area contributed by atoms with E-state index in [9.17, 15) is 14.4 Å². The third-order valence-corrected chi connectivity index (χ3v) is 3.31. The van der Waals surface area contributed by atoms with Gasteiger partial charge in [-0.25, -0.2) is 4.79 Å². The Hall–Kier alpha value is -1.59. The normalized spacial score (nSPS) is 24.3. The molecule has 0 bridgehead atoms. The zero-order chi connectivity index (χ0) is 14.2. The molecular weight excluding hydrogens is 248 g/mol. The molecular formula is C13H20N2O4. The quantitative estimate of drug-likeness (QED) is 0.651. The first-order chi connectivity index (χ1) is 8.78. The number of hydrogen-bond donors (Lipinski definition) is 0. The second kappa shape index (κ2) is 4.83. The molecule has 0 spiro atoms. The van der Waals surface area contributed by atoms with E-state index in [0.717, 1.165) is 0 Å². The van der Waals surface area contributed by atoms with Gasteiger partial charge in [0.15, 0.2) is 5.78 Å². The van der Waals surface area contributed by atoms with Crippen molar-refractivity contribution in [3.05, 3.63) is 0 Å². The molecule has 2 aliphatic rings. The highest BCUT2D eigenvalue weighted by atomic mass is 16.6. The van der Waals surface area contributed by atoms with Crippen LogP contribution in [0.5, 0.6) is 0 Å². The second-order valence-electron chi connectivity index (χ2n) is 6.00. The molecule has 0 aliphatic carbocycles. The number of carbonyl (C=O) groups is 3. The van der Waals surface area contributed by atoms with Crippen molar-refractivity contribution in [2.75, 3.05) is 19.6 Å². The molecule has 2 fully saturated rings. The van der Waals surface area contributed by atoms with Crippen LogP contribution in [0, 0.1) is 0 Å². The van der Waals surface area contributed by atoms with E-state index in [1.807, 2.05) is 0 Å². The molecule has 6 heteroatoms. The van der Waals surface area contributed by atoms with E-state index in [2.05, 4.69) is 0 Å². The number of rotatable bonds is 0. The molecule has 1 unspecified atom stereocenters. The van der Waals surface area contributed by atoms with Gasteiger partial charge in [-0.1, -0.05) is 0 Å². The third kappa shape index (κ3) is 3.05. The molecule has 0 saturated carbocycles. The van der Waals surface area contributed by atoms with E-state index >= 15 is 0 Å². The first kappa shape index (κ1) is 13.8. The molecule has 2 heterocycles. The highest BCUT2D eigenvalue weighted by Crippen LogP contribution is 2.21. The van der Waals surface area contributed by atoms with Gasteiger partial charge in [-0.05, 0) is 20.8 Å². The molecule has 6 nitrogen and oxygen atoms in total. The molecule has 0 radical (unpaired) electrons. The number of ether oxygens (including phenoxy) is 1. The summed E-state index contributed by atoms with van der Waals surface area (Å²) in [6.07, 6.45) is 0.155. The minimum atomic E-state index is -0.555. The molecule has 0 aromatic heterocycles. The maximum atomic E-state index is 12.0. The number of amides is 2. The Bertz CT molecular complexity index is 413. The molecule has 0 aromatic carbocycles. The largest absolute Gasteiger partial charge is 0.444 e. The van der Waals surface area contributed by atoms with Crippen molar-refractivity contribution < 1.29 is 19.1 Å². The average molecular weight is 268 g/mol. The first-order valence-corrected chi connectivity index (χ1v) is 6.58. The number of nitrogens with zero attached hydrogens (tertiary/aromatic N) is 2. The fourth-order valence-electron chi connectivity index (χ4n) is 2.39. The Balaban J connectivity index is 2.03. The van der Waals surface area contributed by atoms with Gasteiger partial charge >= 0.3 is 6.09 Å². The van der Waals surface area contributed by atoms with Crippen molar-refractivity contribution in [3.8, 4) is 0 Å². The standard InChI is InChI=1S/C13H20N2O4/c1-13(2,3)19-12(18)14-6-7-15-9(8-14)10(16)4-5-11(15)17/h9H,4-8H2,1-3H3. The molecule has 19 heavy (non-hydrogen) atoms. The second-order valence-corrected chi connectivity index (χ2v) is 6.00. The number of piperidine rings is 1. The van der Waals surface area contributed by atoms with Crippen LogP contribution in [0.1, 0.15) is 33.6 Å². The van der Waals surface area contributed by atoms with Gasteiger partial charge in [-0.2, -0.15) is 0 Å². The van der Waals surface area contributed by atoms with Crippen LogP contribution in [-0.2, 0) is 14.3 Å². The summed E-state index contributed by atoms with van der Waals surface area (Å²) < 4.78 is 5.29. The van der Waals surface area contributed by atoms with Crippen molar-refractivity contribution in [2.45, 2.75) is 45.3 Å². The van der Waals surface area contributed by atoms with Gasteiger partial charge in [-0.3, -0.25) is 9.59 Å². The number of carbonyl (C=O) groups excluding carboxylic acids is 3. The van der Waals surface area contributed by atoms with Crippen LogP contribution >= 0.6 is 0 Å². The lowest BCUT2D eigenvalue weighted by molar-refractivity contribution is -0.148. The van der Waals surface area contributed by atoms with E-state index < -0.39 is 17.7 Å². The van der Waals surface area contributed by atoms with E-state index in [4.69, 9.17) is 4.74 Å². The zero-order valence-electron chi connectivity index (χ0n) is 11.6. The number of ketones is 1. The third-order valence-electron chi connectivity index (χ3n) is 3.31. The zero-order valence-corrected chi connectivity index (χ0v) is 11.6. The van der Waals surface area contributed by atoms with E-state index in [1.54, 1.807) is 25.7 Å². The summed E-state index contributed by atoms with van der Waals surface area (Å²) in [5, 5.41) is 0. The molecule has 2 rings (SSSR count). The lowest BCUT2D eigenvalue weighted by Gasteiger charge is -2.42. The van der Waals surface area contributed by atoms with Gasteiger partial charge < -0.3 is 14.5 Å². The fourth-order valence-corrected chi connectivity index (χ4v) is 2.39. The fraction of sp³-hybridized carbons (Fsp3) is 0.769. The number of hydrogen-bond acceptors (Lipinski definition) is 4. The van der Waals surface area contributed by atoms with Gasteiger partial charge in [0.25, 0.3) is 0 Å². The average Bonchev–Trinajstić information content (AvgIpc) is 2.31. The predicted octanol–water partition coefficient (Wildman–Crippen LogP) is 0.797. The molecule has 2 amide bonds. The van der Waals surface area contributed by atoms with E-state index in [1.165, 1.54) is 4.90 Å². The van der Waals surface area contributed by atoms with Crippen molar-refractivity contribution in [1.82, 2.24) is 9.80 Å². The van der Waals surface area contributed by atoms with Gasteiger partial charge in [0.1, 0.15) is 11.6 Å². The summed E-state index contributed by atoms with van der Waals surface area (Å²) in [6, 6.07) is -0.484. The van der Waals surface area contributed by atoms with Crippen LogP contribution in [0.15, 0.2) is 0 Å². The molecule has 2 saturated heterocycles. The molecule has 106 valence electrons. The van der Waals surface area contributed by atoms with Crippen LogP contribution in [0.2, 0.25) is 0 Å². The minimum absolute atomic E-state index is 0.00781. The molecule has 0 aromatic rings. The Morgan fingerprint density at radius 2 is 1.89 bits per heavy atom. The highest BCUT2D eigenvalue weighted by Gasteiger charge is 2.40. The Morgan fingerprint density at radius 3 is 2.53 bits per heavy atom. The lowest BCUT2D eigenvalue weighted by Crippen LogP contribution is -2.61. The van der Waals surface area contributed by atoms with E-state index in [-0.39, 0.29) is 24.7 Å².